The molecule has 7 aromatic rings. The topological polar surface area (TPSA) is 4.93 Å². The second kappa shape index (κ2) is 6.94. The lowest BCUT2D eigenvalue weighted by atomic mass is 9.96. The Kier molecular flexibility index (Phi) is 3.72. The number of rotatable bonds is 2. The molecule has 8 rings (SSSR count). The first kappa shape index (κ1) is 18.8. The maximum Gasteiger partial charge on any atom is 0.0541 e. The molecule has 1 aromatic heterocycles. The van der Waals surface area contributed by atoms with E-state index in [1.165, 1.54) is 71.6 Å². The molecule has 0 amide bonds. The molecule has 35 heavy (non-hydrogen) atoms. The van der Waals surface area contributed by atoms with Gasteiger partial charge in [-0.1, -0.05) is 91.0 Å². The molecule has 0 fully saturated rings. The largest absolute Gasteiger partial charge is 0.309 e. The molecule has 1 aliphatic rings. The molecule has 0 N–H and O–H groups in total. The van der Waals surface area contributed by atoms with E-state index in [9.17, 15) is 0 Å². The van der Waals surface area contributed by atoms with Crippen LogP contribution in [0.25, 0.3) is 71.6 Å². The summed E-state index contributed by atoms with van der Waals surface area (Å²) in [6.45, 7) is 0. The molecule has 162 valence electrons. The summed E-state index contributed by atoms with van der Waals surface area (Å²) in [7, 11) is 0. The van der Waals surface area contributed by atoms with Crippen LogP contribution < -0.4 is 0 Å². The third-order valence-corrected chi connectivity index (χ3v) is 7.52. The van der Waals surface area contributed by atoms with Crippen molar-refractivity contribution in [3.63, 3.8) is 0 Å². The smallest absolute Gasteiger partial charge is 0.0541 e. The zero-order valence-electron chi connectivity index (χ0n) is 19.1. The highest BCUT2D eigenvalue weighted by molar-refractivity contribution is 6.16. The average Bonchev–Trinajstić information content (AvgIpc) is 3.43. The summed E-state index contributed by atoms with van der Waals surface area (Å²) < 4.78 is 2.37. The van der Waals surface area contributed by atoms with Crippen molar-refractivity contribution in [1.82, 2.24) is 4.57 Å². The zero-order valence-corrected chi connectivity index (χ0v) is 19.1. The lowest BCUT2D eigenvalue weighted by Crippen LogP contribution is -1.92. The van der Waals surface area contributed by atoms with Crippen LogP contribution >= 0.6 is 0 Å². The van der Waals surface area contributed by atoms with E-state index in [4.69, 9.17) is 0 Å². The third-order valence-electron chi connectivity index (χ3n) is 7.52. The van der Waals surface area contributed by atoms with Crippen LogP contribution in [-0.2, 0) is 0 Å². The first-order valence-electron chi connectivity index (χ1n) is 12.1. The van der Waals surface area contributed by atoms with Crippen LogP contribution in [0.15, 0.2) is 127 Å². The SMILES string of the molecule is c1ccc(-n2c3ccccc3c3cc(-c4ccc5c(c4)-c4cccc6cccc-5c46)ccc32)cc1. The van der Waals surface area contributed by atoms with E-state index < -0.39 is 0 Å². The van der Waals surface area contributed by atoms with E-state index in [1.54, 1.807) is 0 Å². The molecule has 0 radical (unpaired) electrons. The highest BCUT2D eigenvalue weighted by Gasteiger charge is 2.21. The van der Waals surface area contributed by atoms with Crippen LogP contribution in [0.3, 0.4) is 0 Å². The Hall–Kier alpha value is -4.62. The predicted molar refractivity (Wildman–Crippen MR) is 148 cm³/mol. The Morgan fingerprint density at radius 3 is 1.94 bits per heavy atom. The van der Waals surface area contributed by atoms with E-state index in [-0.39, 0.29) is 0 Å². The minimum atomic E-state index is 1.19. The van der Waals surface area contributed by atoms with Gasteiger partial charge in [-0.25, -0.2) is 0 Å². The molecule has 0 bridgehead atoms. The van der Waals surface area contributed by atoms with Crippen molar-refractivity contribution in [2.75, 3.05) is 0 Å². The Morgan fingerprint density at radius 2 is 1.09 bits per heavy atom. The van der Waals surface area contributed by atoms with Crippen LogP contribution in [0.5, 0.6) is 0 Å². The molecule has 1 heteroatoms. The molecule has 1 nitrogen and oxygen atoms in total. The number of para-hydroxylation sites is 2. The number of benzene rings is 6. The molecule has 0 aliphatic heterocycles. The maximum absolute atomic E-state index is 2.38. The number of hydrogen-bond acceptors (Lipinski definition) is 0. The van der Waals surface area contributed by atoms with Crippen molar-refractivity contribution < 1.29 is 0 Å². The maximum atomic E-state index is 2.38. The molecule has 0 unspecified atom stereocenters. The Labute approximate surface area is 203 Å². The Bertz CT molecular complexity index is 1930. The zero-order chi connectivity index (χ0) is 22.9. The molecule has 0 saturated carbocycles. The van der Waals surface area contributed by atoms with E-state index in [2.05, 4.69) is 132 Å². The molecule has 0 atom stereocenters. The lowest BCUT2D eigenvalue weighted by molar-refractivity contribution is 1.18. The van der Waals surface area contributed by atoms with Crippen molar-refractivity contribution in [3.05, 3.63) is 127 Å². The van der Waals surface area contributed by atoms with Gasteiger partial charge in [0.2, 0.25) is 0 Å². The van der Waals surface area contributed by atoms with Gasteiger partial charge in [0.25, 0.3) is 0 Å². The van der Waals surface area contributed by atoms with Crippen LogP contribution in [0, 0.1) is 0 Å². The molecular weight excluding hydrogens is 422 g/mol. The summed E-state index contributed by atoms with van der Waals surface area (Å²) in [5, 5.41) is 5.26. The number of hydrogen-bond donors (Lipinski definition) is 0. The summed E-state index contributed by atoms with van der Waals surface area (Å²) >= 11 is 0. The van der Waals surface area contributed by atoms with E-state index in [0.29, 0.717) is 0 Å². The minimum absolute atomic E-state index is 1.19. The van der Waals surface area contributed by atoms with Gasteiger partial charge in [-0.2, -0.15) is 0 Å². The standard InChI is InChI=1S/C34H21N/c1-2-10-25(11-3-1)35-32-15-5-4-12-27(32)31-21-24(17-19-33(31)35)23-16-18-26-28-13-6-8-22-9-7-14-29(34(22)28)30(26)20-23/h1-21H. The van der Waals surface area contributed by atoms with Gasteiger partial charge in [-0.3, -0.25) is 0 Å². The van der Waals surface area contributed by atoms with Crippen molar-refractivity contribution in [2.45, 2.75) is 0 Å². The minimum Gasteiger partial charge on any atom is -0.309 e. The van der Waals surface area contributed by atoms with Gasteiger partial charge < -0.3 is 4.57 Å². The Balaban J connectivity index is 1.35. The summed E-state index contributed by atoms with van der Waals surface area (Å²) in [6, 6.07) is 46.5. The summed E-state index contributed by atoms with van der Waals surface area (Å²) in [4.78, 5) is 0. The van der Waals surface area contributed by atoms with Gasteiger partial charge in [-0.05, 0) is 80.6 Å². The fourth-order valence-electron chi connectivity index (χ4n) is 5.98. The molecular formula is C34H21N. The normalized spacial score (nSPS) is 12.0. The van der Waals surface area contributed by atoms with Gasteiger partial charge in [-0.15, -0.1) is 0 Å². The first-order chi connectivity index (χ1) is 17.4. The molecule has 0 spiro atoms. The van der Waals surface area contributed by atoms with Gasteiger partial charge in [0, 0.05) is 16.5 Å². The van der Waals surface area contributed by atoms with Crippen molar-refractivity contribution in [1.29, 1.82) is 0 Å². The first-order valence-corrected chi connectivity index (χ1v) is 12.1. The average molecular weight is 444 g/mol. The van der Waals surface area contributed by atoms with Crippen molar-refractivity contribution in [2.24, 2.45) is 0 Å². The van der Waals surface area contributed by atoms with Gasteiger partial charge in [0.15, 0.2) is 0 Å². The van der Waals surface area contributed by atoms with E-state index in [1.807, 2.05) is 0 Å². The van der Waals surface area contributed by atoms with Crippen LogP contribution in [0.2, 0.25) is 0 Å². The van der Waals surface area contributed by atoms with Gasteiger partial charge in [0.1, 0.15) is 0 Å². The van der Waals surface area contributed by atoms with Crippen molar-refractivity contribution in [3.8, 4) is 39.1 Å². The summed E-state index contributed by atoms with van der Waals surface area (Å²) in [5.74, 6) is 0. The van der Waals surface area contributed by atoms with E-state index >= 15 is 0 Å². The van der Waals surface area contributed by atoms with Gasteiger partial charge in [0.05, 0.1) is 11.0 Å². The summed E-state index contributed by atoms with van der Waals surface area (Å²) in [6.07, 6.45) is 0. The highest BCUT2D eigenvalue weighted by atomic mass is 15.0. The quantitative estimate of drug-likeness (QED) is 0.251. The van der Waals surface area contributed by atoms with Crippen LogP contribution in [-0.4, -0.2) is 4.57 Å². The third kappa shape index (κ3) is 2.58. The van der Waals surface area contributed by atoms with Crippen molar-refractivity contribution >= 4 is 32.6 Å². The predicted octanol–water partition coefficient (Wildman–Crippen LogP) is 9.25. The fraction of sp³-hybridized carbons (Fsp3) is 0. The number of fused-ring (bicyclic) bond motifs is 6. The van der Waals surface area contributed by atoms with Crippen LogP contribution in [0.1, 0.15) is 0 Å². The molecule has 6 aromatic carbocycles. The molecule has 1 aliphatic carbocycles. The molecule has 0 saturated heterocycles. The molecule has 1 heterocycles. The highest BCUT2D eigenvalue weighted by Crippen LogP contribution is 2.48. The second-order valence-electron chi connectivity index (χ2n) is 9.39. The number of aromatic nitrogens is 1. The second-order valence-corrected chi connectivity index (χ2v) is 9.39. The van der Waals surface area contributed by atoms with Crippen LogP contribution in [0.4, 0.5) is 0 Å². The Morgan fingerprint density at radius 1 is 0.400 bits per heavy atom. The summed E-state index contributed by atoms with van der Waals surface area (Å²) in [5.41, 5.74) is 11.5. The van der Waals surface area contributed by atoms with E-state index in [0.717, 1.165) is 0 Å². The lowest BCUT2D eigenvalue weighted by Gasteiger charge is -2.09. The monoisotopic (exact) mass is 443 g/mol. The number of nitrogens with zero attached hydrogens (tertiary/aromatic N) is 1. The fourth-order valence-corrected chi connectivity index (χ4v) is 5.98. The van der Waals surface area contributed by atoms with Gasteiger partial charge >= 0.3 is 0 Å².